The molecule has 0 spiro atoms. The van der Waals surface area contributed by atoms with Gasteiger partial charge in [0, 0.05) is 5.69 Å². The highest BCUT2D eigenvalue weighted by Gasteiger charge is 2.35. The number of anilines is 1. The van der Waals surface area contributed by atoms with Gasteiger partial charge < -0.3 is 20.1 Å². The van der Waals surface area contributed by atoms with Crippen molar-refractivity contribution in [3.8, 4) is 11.5 Å². The number of aryl methyl sites for hydroxylation is 2. The minimum atomic E-state index is -0.654. The first-order valence-corrected chi connectivity index (χ1v) is 12.0. The van der Waals surface area contributed by atoms with Crippen LogP contribution in [0.1, 0.15) is 29.2 Å². The molecule has 0 atom stereocenters. The van der Waals surface area contributed by atoms with Crippen molar-refractivity contribution in [2.45, 2.75) is 27.4 Å². The summed E-state index contributed by atoms with van der Waals surface area (Å²) in [6.45, 7) is 6.26. The summed E-state index contributed by atoms with van der Waals surface area (Å²) < 4.78 is 11.7. The molecule has 1 fully saturated rings. The molecule has 0 aliphatic carbocycles. The molecule has 1 saturated heterocycles. The van der Waals surface area contributed by atoms with Crippen molar-refractivity contribution in [1.82, 2.24) is 10.2 Å². The van der Waals surface area contributed by atoms with Crippen molar-refractivity contribution in [2.24, 2.45) is 0 Å². The second-order valence-corrected chi connectivity index (χ2v) is 8.71. The Bertz CT molecular complexity index is 1350. The summed E-state index contributed by atoms with van der Waals surface area (Å²) in [5.74, 6) is 0.0430. The summed E-state index contributed by atoms with van der Waals surface area (Å²) in [6, 6.07) is 19.9. The Balaban J connectivity index is 1.44. The van der Waals surface area contributed by atoms with Crippen LogP contribution in [0.5, 0.6) is 11.5 Å². The van der Waals surface area contributed by atoms with Gasteiger partial charge in [0.25, 0.3) is 5.91 Å². The molecule has 0 radical (unpaired) electrons. The third-order valence-corrected chi connectivity index (χ3v) is 5.65. The van der Waals surface area contributed by atoms with Gasteiger partial charge in [0.1, 0.15) is 18.8 Å². The van der Waals surface area contributed by atoms with E-state index in [1.54, 1.807) is 36.4 Å². The van der Waals surface area contributed by atoms with Crippen LogP contribution in [0.2, 0.25) is 0 Å². The first-order chi connectivity index (χ1) is 17.8. The predicted molar refractivity (Wildman–Crippen MR) is 141 cm³/mol. The number of hydrogen-bond donors (Lipinski definition) is 2. The number of nitrogens with zero attached hydrogens (tertiary/aromatic N) is 1. The number of ether oxygens (including phenoxy) is 2. The molecule has 190 valence electrons. The molecule has 4 amide bonds. The maximum atomic E-state index is 12.9. The van der Waals surface area contributed by atoms with Gasteiger partial charge in [-0.2, -0.15) is 0 Å². The van der Waals surface area contributed by atoms with E-state index in [0.29, 0.717) is 36.0 Å². The zero-order valence-electron chi connectivity index (χ0n) is 21.0. The molecule has 0 saturated carbocycles. The Labute approximate surface area is 215 Å². The van der Waals surface area contributed by atoms with Crippen molar-refractivity contribution in [2.75, 3.05) is 18.5 Å². The second kappa shape index (κ2) is 11.4. The number of rotatable bonds is 9. The highest BCUT2D eigenvalue weighted by atomic mass is 16.5. The lowest BCUT2D eigenvalue weighted by Gasteiger charge is -2.13. The van der Waals surface area contributed by atoms with E-state index in [1.165, 1.54) is 0 Å². The fourth-order valence-electron chi connectivity index (χ4n) is 3.83. The van der Waals surface area contributed by atoms with Crippen LogP contribution >= 0.6 is 0 Å². The number of hydrogen-bond acceptors (Lipinski definition) is 5. The zero-order chi connectivity index (χ0) is 26.4. The summed E-state index contributed by atoms with van der Waals surface area (Å²) in [6.07, 6.45) is 1.55. The Morgan fingerprint density at radius 2 is 1.73 bits per heavy atom. The minimum Gasteiger partial charge on any atom is -0.490 e. The third kappa shape index (κ3) is 6.55. The molecule has 0 aromatic heterocycles. The Hall–Kier alpha value is -4.59. The lowest BCUT2D eigenvalue weighted by Crippen LogP contribution is -2.38. The quantitative estimate of drug-likeness (QED) is 0.325. The van der Waals surface area contributed by atoms with Crippen molar-refractivity contribution in [1.29, 1.82) is 0 Å². The maximum Gasteiger partial charge on any atom is 0.329 e. The number of amides is 4. The molecular weight excluding hydrogens is 470 g/mol. The van der Waals surface area contributed by atoms with Gasteiger partial charge in [0.2, 0.25) is 5.91 Å². The molecule has 8 nitrogen and oxygen atoms in total. The number of imide groups is 1. The van der Waals surface area contributed by atoms with Crippen LogP contribution in [0.15, 0.2) is 72.4 Å². The highest BCUT2D eigenvalue weighted by Crippen LogP contribution is 2.30. The molecule has 3 aromatic carbocycles. The largest absolute Gasteiger partial charge is 0.490 e. The van der Waals surface area contributed by atoms with Crippen LogP contribution in [0, 0.1) is 13.8 Å². The van der Waals surface area contributed by atoms with Crippen LogP contribution in [0.4, 0.5) is 10.5 Å². The van der Waals surface area contributed by atoms with Crippen LogP contribution in [-0.2, 0) is 16.2 Å². The monoisotopic (exact) mass is 499 g/mol. The van der Waals surface area contributed by atoms with Crippen LogP contribution < -0.4 is 20.1 Å². The number of carbonyl (C=O) groups excluding carboxylic acids is 3. The molecule has 3 aromatic rings. The van der Waals surface area contributed by atoms with E-state index in [-0.39, 0.29) is 5.70 Å². The van der Waals surface area contributed by atoms with Gasteiger partial charge in [-0.3, -0.25) is 9.59 Å². The van der Waals surface area contributed by atoms with Crippen molar-refractivity contribution in [3.05, 3.63) is 94.7 Å². The third-order valence-electron chi connectivity index (χ3n) is 5.65. The van der Waals surface area contributed by atoms with Crippen molar-refractivity contribution >= 4 is 29.6 Å². The van der Waals surface area contributed by atoms with Gasteiger partial charge in [-0.1, -0.05) is 53.6 Å². The van der Waals surface area contributed by atoms with E-state index in [2.05, 4.69) is 16.7 Å². The molecule has 0 unspecified atom stereocenters. The van der Waals surface area contributed by atoms with Crippen molar-refractivity contribution in [3.63, 3.8) is 0 Å². The topological polar surface area (TPSA) is 97.0 Å². The van der Waals surface area contributed by atoms with E-state index in [0.717, 1.165) is 21.6 Å². The average molecular weight is 500 g/mol. The number of carbonyl (C=O) groups is 3. The SMILES string of the molecule is CCOc1cc(/C=C2/NC(=O)N(CC(=O)Nc3ccc(C)cc3)C2=O)ccc1OCc1cccc(C)c1. The fourth-order valence-corrected chi connectivity index (χ4v) is 3.83. The highest BCUT2D eigenvalue weighted by molar-refractivity contribution is 6.16. The summed E-state index contributed by atoms with van der Waals surface area (Å²) >= 11 is 0. The van der Waals surface area contributed by atoms with Crippen LogP contribution in [-0.4, -0.2) is 35.9 Å². The molecule has 37 heavy (non-hydrogen) atoms. The normalized spacial score (nSPS) is 14.0. The van der Waals surface area contributed by atoms with Crippen molar-refractivity contribution < 1.29 is 23.9 Å². The second-order valence-electron chi connectivity index (χ2n) is 8.71. The lowest BCUT2D eigenvalue weighted by molar-refractivity contribution is -0.127. The first kappa shape index (κ1) is 25.5. The summed E-state index contributed by atoms with van der Waals surface area (Å²) in [5, 5.41) is 5.24. The molecule has 4 rings (SSSR count). The average Bonchev–Trinajstić information content (AvgIpc) is 3.12. The Morgan fingerprint density at radius 3 is 2.46 bits per heavy atom. The zero-order valence-corrected chi connectivity index (χ0v) is 21.0. The molecule has 1 aliphatic rings. The van der Waals surface area contributed by atoms with Gasteiger partial charge >= 0.3 is 6.03 Å². The van der Waals surface area contributed by atoms with Gasteiger partial charge in [-0.25, -0.2) is 9.69 Å². The number of urea groups is 1. The summed E-state index contributed by atoms with van der Waals surface area (Å²) in [4.78, 5) is 38.6. The number of nitrogens with one attached hydrogen (secondary N) is 2. The predicted octanol–water partition coefficient (Wildman–Crippen LogP) is 4.81. The van der Waals surface area contributed by atoms with E-state index >= 15 is 0 Å². The summed E-state index contributed by atoms with van der Waals surface area (Å²) in [7, 11) is 0. The van der Waals surface area contributed by atoms with Crippen LogP contribution in [0.25, 0.3) is 6.08 Å². The van der Waals surface area contributed by atoms with Gasteiger partial charge in [-0.05, 0) is 62.2 Å². The lowest BCUT2D eigenvalue weighted by atomic mass is 10.1. The summed E-state index contributed by atoms with van der Waals surface area (Å²) in [5.41, 5.74) is 4.55. The minimum absolute atomic E-state index is 0.0732. The Morgan fingerprint density at radius 1 is 0.946 bits per heavy atom. The van der Waals surface area contributed by atoms with E-state index in [9.17, 15) is 14.4 Å². The fraction of sp³-hybridized carbons (Fsp3) is 0.207. The molecular formula is C29H29N3O5. The van der Waals surface area contributed by atoms with Crippen LogP contribution in [0.3, 0.4) is 0 Å². The first-order valence-electron chi connectivity index (χ1n) is 12.0. The molecule has 2 N–H and O–H groups in total. The standard InChI is InChI=1S/C29H29N3O5/c1-4-36-26-16-21(10-13-25(26)37-18-22-7-5-6-20(3)14-22)15-24-28(34)32(29(35)31-24)17-27(33)30-23-11-8-19(2)9-12-23/h5-16H,4,17-18H2,1-3H3,(H,30,33)(H,31,35)/b24-15+. The molecule has 1 aliphatic heterocycles. The van der Waals surface area contributed by atoms with Gasteiger partial charge in [0.15, 0.2) is 11.5 Å². The molecule has 0 bridgehead atoms. The maximum absolute atomic E-state index is 12.9. The molecule has 8 heteroatoms. The van der Waals surface area contributed by atoms with E-state index in [4.69, 9.17) is 9.47 Å². The smallest absolute Gasteiger partial charge is 0.329 e. The number of benzene rings is 3. The van der Waals surface area contributed by atoms with E-state index in [1.807, 2.05) is 51.1 Å². The van der Waals surface area contributed by atoms with E-state index < -0.39 is 24.4 Å². The van der Waals surface area contributed by atoms with Gasteiger partial charge in [-0.15, -0.1) is 0 Å². The van der Waals surface area contributed by atoms with Gasteiger partial charge in [0.05, 0.1) is 6.61 Å². The molecule has 1 heterocycles. The Kier molecular flexibility index (Phi) is 7.88.